The number of aryl methyl sites for hydroxylation is 1. The fraction of sp³-hybridized carbons (Fsp3) is 0.769. The number of hydrogen-bond donors (Lipinski definition) is 1. The van der Waals surface area contributed by atoms with Crippen LogP contribution in [0.5, 0.6) is 0 Å². The van der Waals surface area contributed by atoms with E-state index >= 15 is 0 Å². The molecule has 2 rings (SSSR count). The van der Waals surface area contributed by atoms with Crippen molar-refractivity contribution in [1.29, 1.82) is 0 Å². The Morgan fingerprint density at radius 2 is 2.44 bits per heavy atom. The molecular formula is C13H22ClN3O. The van der Waals surface area contributed by atoms with Crippen molar-refractivity contribution < 1.29 is 4.74 Å². The summed E-state index contributed by atoms with van der Waals surface area (Å²) < 4.78 is 7.60. The van der Waals surface area contributed by atoms with Gasteiger partial charge in [-0.1, -0.05) is 18.5 Å². The maximum Gasteiger partial charge on any atom is 0.0834 e. The van der Waals surface area contributed by atoms with Crippen LogP contribution in [0.3, 0.4) is 0 Å². The first-order valence-electron chi connectivity index (χ1n) is 6.80. The Balaban J connectivity index is 2.24. The molecule has 0 amide bonds. The van der Waals surface area contributed by atoms with Crippen molar-refractivity contribution in [3.63, 3.8) is 0 Å². The summed E-state index contributed by atoms with van der Waals surface area (Å²) in [5.41, 5.74) is 1.11. The van der Waals surface area contributed by atoms with Crippen LogP contribution in [0.25, 0.3) is 0 Å². The number of hydrogen-bond acceptors (Lipinski definition) is 3. The number of halogens is 1. The molecule has 0 radical (unpaired) electrons. The van der Waals surface area contributed by atoms with E-state index in [2.05, 4.69) is 24.3 Å². The minimum absolute atomic E-state index is 0.241. The highest BCUT2D eigenvalue weighted by Crippen LogP contribution is 2.32. The average Bonchev–Trinajstić information content (AvgIpc) is 2.78. The SMILES string of the molecule is CCNC(c1c(Cl)cnn1CC)C1CCCOC1. The molecule has 4 nitrogen and oxygen atoms in total. The molecule has 2 atom stereocenters. The van der Waals surface area contributed by atoms with Crippen LogP contribution in [-0.2, 0) is 11.3 Å². The molecule has 1 aliphatic rings. The predicted octanol–water partition coefficient (Wildman–Crippen LogP) is 2.63. The fourth-order valence-corrected chi connectivity index (χ4v) is 2.93. The van der Waals surface area contributed by atoms with Gasteiger partial charge in [-0.2, -0.15) is 5.10 Å². The second-order valence-corrected chi connectivity index (χ2v) is 5.11. The standard InChI is InChI=1S/C13H22ClN3O/c1-3-15-12(10-6-5-7-18-9-10)13-11(14)8-16-17(13)4-2/h8,10,12,15H,3-7,9H2,1-2H3. The van der Waals surface area contributed by atoms with E-state index in [0.717, 1.165) is 43.4 Å². The Kier molecular flexibility index (Phi) is 5.03. The highest BCUT2D eigenvalue weighted by Gasteiger charge is 2.29. The molecule has 1 aromatic heterocycles. The summed E-state index contributed by atoms with van der Waals surface area (Å²) in [6.07, 6.45) is 4.06. The summed E-state index contributed by atoms with van der Waals surface area (Å²) in [5.74, 6) is 0.484. The quantitative estimate of drug-likeness (QED) is 0.895. The molecule has 1 N–H and O–H groups in total. The number of ether oxygens (including phenoxy) is 1. The molecule has 0 saturated carbocycles. The van der Waals surface area contributed by atoms with Gasteiger partial charge in [-0.3, -0.25) is 4.68 Å². The van der Waals surface area contributed by atoms with Gasteiger partial charge in [-0.15, -0.1) is 0 Å². The van der Waals surface area contributed by atoms with Crippen molar-refractivity contribution >= 4 is 11.6 Å². The van der Waals surface area contributed by atoms with Gasteiger partial charge >= 0.3 is 0 Å². The molecule has 1 saturated heterocycles. The summed E-state index contributed by atoms with van der Waals surface area (Å²) in [6, 6.07) is 0.241. The second kappa shape index (κ2) is 6.55. The van der Waals surface area contributed by atoms with Crippen LogP contribution in [0.1, 0.15) is 38.4 Å². The lowest BCUT2D eigenvalue weighted by Crippen LogP contribution is -2.35. The fourth-order valence-electron chi connectivity index (χ4n) is 2.67. The first-order valence-corrected chi connectivity index (χ1v) is 7.18. The molecule has 2 unspecified atom stereocenters. The Morgan fingerprint density at radius 1 is 1.61 bits per heavy atom. The van der Waals surface area contributed by atoms with Gasteiger partial charge in [0.2, 0.25) is 0 Å². The van der Waals surface area contributed by atoms with Crippen molar-refractivity contribution in [2.24, 2.45) is 5.92 Å². The summed E-state index contributed by atoms with van der Waals surface area (Å²) in [7, 11) is 0. The van der Waals surface area contributed by atoms with E-state index in [9.17, 15) is 0 Å². The zero-order valence-electron chi connectivity index (χ0n) is 11.2. The monoisotopic (exact) mass is 271 g/mol. The van der Waals surface area contributed by atoms with E-state index < -0.39 is 0 Å². The number of nitrogens with one attached hydrogen (secondary N) is 1. The summed E-state index contributed by atoms with van der Waals surface area (Å²) in [5, 5.41) is 8.64. The highest BCUT2D eigenvalue weighted by atomic mass is 35.5. The minimum Gasteiger partial charge on any atom is -0.381 e. The van der Waals surface area contributed by atoms with Crippen LogP contribution < -0.4 is 5.32 Å². The smallest absolute Gasteiger partial charge is 0.0834 e. The van der Waals surface area contributed by atoms with Gasteiger partial charge in [-0.05, 0) is 26.3 Å². The maximum atomic E-state index is 6.31. The molecule has 1 aromatic rings. The number of nitrogens with zero attached hydrogens (tertiary/aromatic N) is 2. The molecule has 0 aliphatic carbocycles. The predicted molar refractivity (Wildman–Crippen MR) is 72.9 cm³/mol. The van der Waals surface area contributed by atoms with Crippen LogP contribution in [0.2, 0.25) is 5.02 Å². The van der Waals surface area contributed by atoms with E-state index in [1.165, 1.54) is 6.42 Å². The van der Waals surface area contributed by atoms with Gasteiger partial charge in [0.25, 0.3) is 0 Å². The summed E-state index contributed by atoms with van der Waals surface area (Å²) in [4.78, 5) is 0. The average molecular weight is 272 g/mol. The first kappa shape index (κ1) is 13.8. The molecule has 102 valence electrons. The molecule has 0 bridgehead atoms. The van der Waals surface area contributed by atoms with Crippen LogP contribution in [0.4, 0.5) is 0 Å². The van der Waals surface area contributed by atoms with E-state index in [1.54, 1.807) is 6.20 Å². The van der Waals surface area contributed by atoms with Gasteiger partial charge in [0.05, 0.1) is 29.6 Å². The van der Waals surface area contributed by atoms with Crippen molar-refractivity contribution in [3.8, 4) is 0 Å². The minimum atomic E-state index is 0.241. The molecule has 5 heteroatoms. The third kappa shape index (κ3) is 2.87. The summed E-state index contributed by atoms with van der Waals surface area (Å²) in [6.45, 7) is 7.67. The van der Waals surface area contributed by atoms with Gasteiger partial charge in [-0.25, -0.2) is 0 Å². The molecule has 1 fully saturated rings. The Morgan fingerprint density at radius 3 is 3.06 bits per heavy atom. The van der Waals surface area contributed by atoms with E-state index in [4.69, 9.17) is 16.3 Å². The van der Waals surface area contributed by atoms with E-state index in [-0.39, 0.29) is 6.04 Å². The highest BCUT2D eigenvalue weighted by molar-refractivity contribution is 6.31. The Labute approximate surface area is 114 Å². The van der Waals surface area contributed by atoms with Crippen LogP contribution in [0, 0.1) is 5.92 Å². The third-order valence-electron chi connectivity index (χ3n) is 3.52. The number of rotatable bonds is 5. The van der Waals surface area contributed by atoms with Gasteiger partial charge in [0.15, 0.2) is 0 Å². The molecular weight excluding hydrogens is 250 g/mol. The van der Waals surface area contributed by atoms with E-state index in [0.29, 0.717) is 5.92 Å². The van der Waals surface area contributed by atoms with Gasteiger partial charge in [0, 0.05) is 19.1 Å². The van der Waals surface area contributed by atoms with Crippen molar-refractivity contribution in [2.45, 2.75) is 39.3 Å². The largest absolute Gasteiger partial charge is 0.381 e. The molecule has 0 spiro atoms. The second-order valence-electron chi connectivity index (χ2n) is 4.71. The van der Waals surface area contributed by atoms with Crippen LogP contribution in [-0.4, -0.2) is 29.5 Å². The normalized spacial score (nSPS) is 22.1. The zero-order chi connectivity index (χ0) is 13.0. The lowest BCUT2D eigenvalue weighted by atomic mass is 9.91. The van der Waals surface area contributed by atoms with Crippen LogP contribution in [0.15, 0.2) is 6.20 Å². The van der Waals surface area contributed by atoms with Crippen LogP contribution >= 0.6 is 11.6 Å². The number of aromatic nitrogens is 2. The topological polar surface area (TPSA) is 39.1 Å². The van der Waals surface area contributed by atoms with E-state index in [1.807, 2.05) is 4.68 Å². The lowest BCUT2D eigenvalue weighted by Gasteiger charge is -2.31. The molecule has 0 aromatic carbocycles. The van der Waals surface area contributed by atoms with Crippen molar-refractivity contribution in [3.05, 3.63) is 16.9 Å². The molecule has 18 heavy (non-hydrogen) atoms. The van der Waals surface area contributed by atoms with Gasteiger partial charge < -0.3 is 10.1 Å². The van der Waals surface area contributed by atoms with Crippen molar-refractivity contribution in [2.75, 3.05) is 19.8 Å². The molecule has 1 aliphatic heterocycles. The Hall–Kier alpha value is -0.580. The molecule has 2 heterocycles. The third-order valence-corrected chi connectivity index (χ3v) is 3.81. The zero-order valence-corrected chi connectivity index (χ0v) is 11.9. The maximum absolute atomic E-state index is 6.31. The van der Waals surface area contributed by atoms with Crippen molar-refractivity contribution in [1.82, 2.24) is 15.1 Å². The first-order chi connectivity index (χ1) is 8.77. The Bertz CT molecular complexity index is 374. The van der Waals surface area contributed by atoms with Gasteiger partial charge in [0.1, 0.15) is 0 Å². The summed E-state index contributed by atoms with van der Waals surface area (Å²) >= 11 is 6.31. The lowest BCUT2D eigenvalue weighted by molar-refractivity contribution is 0.0379.